The Morgan fingerprint density at radius 3 is 2.62 bits per heavy atom. The molecule has 0 heterocycles. The van der Waals surface area contributed by atoms with E-state index in [-0.39, 0.29) is 12.5 Å². The van der Waals surface area contributed by atoms with Crippen LogP contribution in [0.5, 0.6) is 11.5 Å². The summed E-state index contributed by atoms with van der Waals surface area (Å²) in [5, 5.41) is 2.76. The van der Waals surface area contributed by atoms with Gasteiger partial charge in [-0.25, -0.2) is 0 Å². The van der Waals surface area contributed by atoms with Crippen molar-refractivity contribution in [3.8, 4) is 23.3 Å². The van der Waals surface area contributed by atoms with Crippen LogP contribution in [-0.4, -0.2) is 26.2 Å². The first-order valence-corrected chi connectivity index (χ1v) is 8.20. The van der Waals surface area contributed by atoms with Gasteiger partial charge < -0.3 is 14.8 Å². The summed E-state index contributed by atoms with van der Waals surface area (Å²) in [6.45, 7) is 0.585. The molecule has 1 N–H and O–H groups in total. The highest BCUT2D eigenvalue weighted by molar-refractivity contribution is 9.10. The van der Waals surface area contributed by atoms with Crippen molar-refractivity contribution in [2.75, 3.05) is 20.3 Å². The minimum atomic E-state index is -0.0672. The molecule has 0 fully saturated rings. The van der Waals surface area contributed by atoms with E-state index in [1.807, 2.05) is 48.5 Å². The maximum absolute atomic E-state index is 11.8. The van der Waals surface area contributed by atoms with Gasteiger partial charge in [-0.3, -0.25) is 4.79 Å². The zero-order valence-electron chi connectivity index (χ0n) is 13.3. The van der Waals surface area contributed by atoms with Gasteiger partial charge in [0.1, 0.15) is 18.1 Å². The van der Waals surface area contributed by atoms with Crippen molar-refractivity contribution in [1.82, 2.24) is 5.32 Å². The van der Waals surface area contributed by atoms with Crippen LogP contribution in [-0.2, 0) is 11.2 Å². The molecule has 4 nitrogen and oxygen atoms in total. The number of methoxy groups -OCH3 is 1. The van der Waals surface area contributed by atoms with E-state index in [4.69, 9.17) is 9.47 Å². The molecule has 0 unspecified atom stereocenters. The molecule has 0 aliphatic heterocycles. The minimum Gasteiger partial charge on any atom is -0.497 e. The summed E-state index contributed by atoms with van der Waals surface area (Å²) in [5.74, 6) is 7.19. The molecular formula is C19H18BrNO3. The maximum Gasteiger partial charge on any atom is 0.225 e. The molecule has 0 radical (unpaired) electrons. The van der Waals surface area contributed by atoms with Crippen molar-refractivity contribution in [3.63, 3.8) is 0 Å². The number of amides is 1. The molecule has 0 atom stereocenters. The van der Waals surface area contributed by atoms with E-state index in [2.05, 4.69) is 33.1 Å². The monoisotopic (exact) mass is 387 g/mol. The van der Waals surface area contributed by atoms with E-state index < -0.39 is 0 Å². The molecule has 0 aliphatic carbocycles. The van der Waals surface area contributed by atoms with Gasteiger partial charge in [-0.2, -0.15) is 0 Å². The van der Waals surface area contributed by atoms with Crippen molar-refractivity contribution in [3.05, 3.63) is 58.6 Å². The van der Waals surface area contributed by atoms with Crippen LogP contribution in [0.25, 0.3) is 0 Å². The van der Waals surface area contributed by atoms with Crippen LogP contribution in [0, 0.1) is 11.8 Å². The number of benzene rings is 2. The van der Waals surface area contributed by atoms with Gasteiger partial charge >= 0.3 is 0 Å². The molecule has 1 amide bonds. The number of hydrogen-bond donors (Lipinski definition) is 1. The summed E-state index contributed by atoms with van der Waals surface area (Å²) in [7, 11) is 1.61. The van der Waals surface area contributed by atoms with Gasteiger partial charge in [0, 0.05) is 4.47 Å². The Morgan fingerprint density at radius 2 is 1.92 bits per heavy atom. The highest BCUT2D eigenvalue weighted by atomic mass is 79.9. The standard InChI is InChI=1S/C19H18BrNO3/c1-23-17-9-7-15(8-10-17)13-19(22)21-11-2-3-12-24-18-6-4-5-16(20)14-18/h4-10,14H,11-13H2,1H3,(H,21,22). The summed E-state index contributed by atoms with van der Waals surface area (Å²) >= 11 is 3.38. The Bertz CT molecular complexity index is 732. The molecule has 0 aromatic heterocycles. The van der Waals surface area contributed by atoms with Crippen molar-refractivity contribution < 1.29 is 14.3 Å². The molecule has 0 saturated heterocycles. The molecule has 5 heteroatoms. The fourth-order valence-corrected chi connectivity index (χ4v) is 2.30. The lowest BCUT2D eigenvalue weighted by molar-refractivity contribution is -0.120. The number of carbonyl (C=O) groups is 1. The van der Waals surface area contributed by atoms with Crippen molar-refractivity contribution in [1.29, 1.82) is 0 Å². The molecule has 24 heavy (non-hydrogen) atoms. The number of ether oxygens (including phenoxy) is 2. The quantitative estimate of drug-likeness (QED) is 0.774. The first-order chi connectivity index (χ1) is 11.7. The lowest BCUT2D eigenvalue weighted by Gasteiger charge is -2.04. The van der Waals surface area contributed by atoms with Crippen LogP contribution < -0.4 is 14.8 Å². The zero-order valence-corrected chi connectivity index (χ0v) is 14.9. The fraction of sp³-hybridized carbons (Fsp3) is 0.211. The predicted molar refractivity (Wildman–Crippen MR) is 97.1 cm³/mol. The lowest BCUT2D eigenvalue weighted by Crippen LogP contribution is -2.25. The Hall–Kier alpha value is -2.45. The maximum atomic E-state index is 11.8. The molecule has 0 aliphatic rings. The Balaban J connectivity index is 1.67. The van der Waals surface area contributed by atoms with Gasteiger partial charge in [0.2, 0.25) is 5.91 Å². The topological polar surface area (TPSA) is 47.6 Å². The van der Waals surface area contributed by atoms with Crippen LogP contribution in [0.1, 0.15) is 5.56 Å². The highest BCUT2D eigenvalue weighted by Crippen LogP contribution is 2.17. The second kappa shape index (κ2) is 9.64. The minimum absolute atomic E-state index is 0.0672. The van der Waals surface area contributed by atoms with Crippen LogP contribution >= 0.6 is 15.9 Å². The largest absolute Gasteiger partial charge is 0.497 e. The summed E-state index contributed by atoms with van der Waals surface area (Å²) in [6, 6.07) is 15.0. The number of carbonyl (C=O) groups excluding carboxylic acids is 1. The second-order valence-electron chi connectivity index (χ2n) is 4.90. The summed E-state index contributed by atoms with van der Waals surface area (Å²) in [6.07, 6.45) is 0.320. The van der Waals surface area contributed by atoms with Gasteiger partial charge in [0.05, 0.1) is 20.1 Å². The average molecular weight is 388 g/mol. The third-order valence-corrected chi connectivity index (χ3v) is 3.62. The number of rotatable bonds is 6. The van der Waals surface area contributed by atoms with E-state index >= 15 is 0 Å². The van der Waals surface area contributed by atoms with Gasteiger partial charge in [-0.15, -0.1) is 0 Å². The lowest BCUT2D eigenvalue weighted by atomic mass is 10.1. The predicted octanol–water partition coefficient (Wildman–Crippen LogP) is 3.20. The highest BCUT2D eigenvalue weighted by Gasteiger charge is 2.02. The number of halogens is 1. The van der Waals surface area contributed by atoms with Crippen LogP contribution in [0.15, 0.2) is 53.0 Å². The van der Waals surface area contributed by atoms with Crippen molar-refractivity contribution in [2.45, 2.75) is 6.42 Å². The van der Waals surface area contributed by atoms with Gasteiger partial charge in [-0.1, -0.05) is 46.0 Å². The molecule has 124 valence electrons. The SMILES string of the molecule is COc1ccc(CC(=O)NCC#CCOc2cccc(Br)c2)cc1. The van der Waals surface area contributed by atoms with E-state index in [1.54, 1.807) is 7.11 Å². The Morgan fingerprint density at radius 1 is 1.12 bits per heavy atom. The number of nitrogens with one attached hydrogen (secondary N) is 1. The first-order valence-electron chi connectivity index (χ1n) is 7.41. The van der Waals surface area contributed by atoms with Crippen LogP contribution in [0.4, 0.5) is 0 Å². The summed E-state index contributed by atoms with van der Waals surface area (Å²) in [4.78, 5) is 11.8. The summed E-state index contributed by atoms with van der Waals surface area (Å²) < 4.78 is 11.5. The third kappa shape index (κ3) is 6.35. The van der Waals surface area contributed by atoms with E-state index in [1.165, 1.54) is 0 Å². The van der Waals surface area contributed by atoms with Crippen molar-refractivity contribution in [2.24, 2.45) is 0 Å². The molecule has 0 bridgehead atoms. The molecule has 2 aromatic carbocycles. The smallest absolute Gasteiger partial charge is 0.225 e. The summed E-state index contributed by atoms with van der Waals surface area (Å²) in [5.41, 5.74) is 0.930. The van der Waals surface area contributed by atoms with Gasteiger partial charge in [-0.05, 0) is 35.9 Å². The molecular weight excluding hydrogens is 370 g/mol. The van der Waals surface area contributed by atoms with E-state index in [0.29, 0.717) is 13.0 Å². The molecule has 2 aromatic rings. The molecule has 0 spiro atoms. The third-order valence-electron chi connectivity index (χ3n) is 3.13. The molecule has 2 rings (SSSR count). The first kappa shape index (κ1) is 17.9. The Labute approximate surface area is 150 Å². The zero-order chi connectivity index (χ0) is 17.2. The van der Waals surface area contributed by atoms with E-state index in [0.717, 1.165) is 21.5 Å². The van der Waals surface area contributed by atoms with E-state index in [9.17, 15) is 4.79 Å². The second-order valence-corrected chi connectivity index (χ2v) is 5.82. The van der Waals surface area contributed by atoms with Gasteiger partial charge in [0.15, 0.2) is 0 Å². The van der Waals surface area contributed by atoms with Crippen LogP contribution in [0.2, 0.25) is 0 Å². The Kier molecular flexibility index (Phi) is 7.19. The fourth-order valence-electron chi connectivity index (χ4n) is 1.92. The van der Waals surface area contributed by atoms with Gasteiger partial charge in [0.25, 0.3) is 0 Å². The number of hydrogen-bond acceptors (Lipinski definition) is 3. The average Bonchev–Trinajstić information content (AvgIpc) is 2.59. The molecule has 0 saturated carbocycles. The van der Waals surface area contributed by atoms with Crippen molar-refractivity contribution >= 4 is 21.8 Å². The normalized spacial score (nSPS) is 9.58. The van der Waals surface area contributed by atoms with Crippen LogP contribution in [0.3, 0.4) is 0 Å².